The van der Waals surface area contributed by atoms with E-state index in [4.69, 9.17) is 9.84 Å². The normalized spacial score (nSPS) is 11.7. The molecule has 0 heterocycles. The van der Waals surface area contributed by atoms with E-state index in [1.54, 1.807) is 13.2 Å². The Morgan fingerprint density at radius 3 is 2.68 bits per heavy atom. The van der Waals surface area contributed by atoms with E-state index < -0.39 is 18.0 Å². The van der Waals surface area contributed by atoms with Crippen molar-refractivity contribution in [3.8, 4) is 0 Å². The number of nitrogens with one attached hydrogen (secondary N) is 1. The maximum absolute atomic E-state index is 12.0. The molecule has 110 valence electrons. The third-order valence-corrected chi connectivity index (χ3v) is 2.64. The first-order valence-corrected chi connectivity index (χ1v) is 6.44. The molecule has 0 saturated heterocycles. The van der Waals surface area contributed by atoms with E-state index in [0.717, 1.165) is 12.8 Å². The van der Waals surface area contributed by atoms with Crippen LogP contribution in [0.5, 0.6) is 0 Å². The third kappa shape index (κ3) is 7.46. The molecule has 0 aliphatic heterocycles. The van der Waals surface area contributed by atoms with Crippen LogP contribution in [0.1, 0.15) is 26.2 Å². The molecule has 0 aromatic carbocycles. The molecule has 6 nitrogen and oxygen atoms in total. The molecule has 19 heavy (non-hydrogen) atoms. The van der Waals surface area contributed by atoms with Crippen molar-refractivity contribution in [3.63, 3.8) is 0 Å². The molecule has 0 saturated carbocycles. The molecule has 0 spiro atoms. The van der Waals surface area contributed by atoms with E-state index in [0.29, 0.717) is 26.1 Å². The van der Waals surface area contributed by atoms with Crippen LogP contribution in [-0.4, -0.2) is 54.9 Å². The van der Waals surface area contributed by atoms with Crippen LogP contribution in [0.15, 0.2) is 12.7 Å². The fraction of sp³-hybridized carbons (Fsp3) is 0.692. The molecule has 0 aliphatic rings. The van der Waals surface area contributed by atoms with Gasteiger partial charge in [-0.05, 0) is 6.42 Å². The summed E-state index contributed by atoms with van der Waals surface area (Å²) in [6, 6.07) is -1.25. The molecular weight excluding hydrogens is 248 g/mol. The van der Waals surface area contributed by atoms with Gasteiger partial charge in [0.05, 0.1) is 6.61 Å². The Bertz CT molecular complexity index is 294. The zero-order chi connectivity index (χ0) is 14.7. The highest BCUT2D eigenvalue weighted by atomic mass is 16.5. The Labute approximate surface area is 114 Å². The van der Waals surface area contributed by atoms with Crippen molar-refractivity contribution in [1.82, 2.24) is 10.2 Å². The lowest BCUT2D eigenvalue weighted by atomic mass is 10.1. The van der Waals surface area contributed by atoms with Gasteiger partial charge in [-0.25, -0.2) is 9.59 Å². The molecule has 0 unspecified atom stereocenters. The third-order valence-electron chi connectivity index (χ3n) is 2.64. The Kier molecular flexibility index (Phi) is 9.52. The quantitative estimate of drug-likeness (QED) is 0.590. The lowest BCUT2D eigenvalue weighted by Crippen LogP contribution is -2.48. The van der Waals surface area contributed by atoms with Crippen molar-refractivity contribution >= 4 is 12.0 Å². The molecule has 0 aromatic heterocycles. The summed E-state index contributed by atoms with van der Waals surface area (Å²) in [4.78, 5) is 24.5. The topological polar surface area (TPSA) is 78.9 Å². The monoisotopic (exact) mass is 272 g/mol. The first-order chi connectivity index (χ1) is 9.06. The van der Waals surface area contributed by atoms with E-state index in [2.05, 4.69) is 11.9 Å². The summed E-state index contributed by atoms with van der Waals surface area (Å²) in [6.45, 7) is 6.70. The molecule has 2 amide bonds. The van der Waals surface area contributed by atoms with Gasteiger partial charge in [0.15, 0.2) is 0 Å². The average Bonchev–Trinajstić information content (AvgIpc) is 2.38. The summed E-state index contributed by atoms with van der Waals surface area (Å²) in [7, 11) is 1.55. The van der Waals surface area contributed by atoms with Gasteiger partial charge < -0.3 is 20.1 Å². The van der Waals surface area contributed by atoms with Gasteiger partial charge in [0.2, 0.25) is 0 Å². The number of nitrogens with zero attached hydrogens (tertiary/aromatic N) is 1. The molecular formula is C13H24N2O4. The molecule has 0 rings (SSSR count). The van der Waals surface area contributed by atoms with Crippen LogP contribution in [0.2, 0.25) is 0 Å². The van der Waals surface area contributed by atoms with Gasteiger partial charge in [-0.15, -0.1) is 6.58 Å². The first kappa shape index (κ1) is 17.4. The number of hydrogen-bond acceptors (Lipinski definition) is 3. The van der Waals surface area contributed by atoms with Gasteiger partial charge in [0.25, 0.3) is 0 Å². The van der Waals surface area contributed by atoms with Crippen molar-refractivity contribution in [2.45, 2.75) is 32.2 Å². The largest absolute Gasteiger partial charge is 0.480 e. The van der Waals surface area contributed by atoms with E-state index in [9.17, 15) is 9.59 Å². The predicted molar refractivity (Wildman–Crippen MR) is 73.1 cm³/mol. The number of methoxy groups -OCH3 is 1. The summed E-state index contributed by atoms with van der Waals surface area (Å²) in [5, 5.41) is 11.6. The summed E-state index contributed by atoms with van der Waals surface area (Å²) >= 11 is 0. The van der Waals surface area contributed by atoms with E-state index in [-0.39, 0.29) is 0 Å². The highest BCUT2D eigenvalue weighted by Crippen LogP contribution is 2.02. The molecule has 0 radical (unpaired) electrons. The Balaban J connectivity index is 4.46. The van der Waals surface area contributed by atoms with Gasteiger partial charge in [0.1, 0.15) is 6.04 Å². The second-order valence-corrected chi connectivity index (χ2v) is 4.21. The van der Waals surface area contributed by atoms with Crippen LogP contribution in [0, 0.1) is 0 Å². The second-order valence-electron chi connectivity index (χ2n) is 4.21. The summed E-state index contributed by atoms with van der Waals surface area (Å²) in [5.41, 5.74) is 0. The number of ether oxygens (including phenoxy) is 1. The number of carbonyl (C=O) groups excluding carboxylic acids is 1. The number of carboxylic acids is 1. The molecule has 0 aliphatic carbocycles. The predicted octanol–water partition coefficient (Wildman–Crippen LogP) is 1.47. The lowest BCUT2D eigenvalue weighted by molar-refractivity contribution is -0.139. The number of carboxylic acid groups (broad SMARTS) is 1. The number of amides is 2. The Hall–Kier alpha value is -1.56. The molecule has 2 N–H and O–H groups in total. The van der Waals surface area contributed by atoms with Crippen LogP contribution in [0.3, 0.4) is 0 Å². The van der Waals surface area contributed by atoms with Crippen molar-refractivity contribution in [3.05, 3.63) is 12.7 Å². The number of aliphatic carboxylic acids is 1. The molecule has 0 bridgehead atoms. The van der Waals surface area contributed by atoms with E-state index in [1.165, 1.54) is 4.90 Å². The van der Waals surface area contributed by atoms with Gasteiger partial charge in [-0.1, -0.05) is 25.8 Å². The lowest BCUT2D eigenvalue weighted by Gasteiger charge is -2.23. The summed E-state index contributed by atoms with van der Waals surface area (Å²) in [6.07, 6.45) is 3.68. The Morgan fingerprint density at radius 2 is 2.21 bits per heavy atom. The minimum absolute atomic E-state index is 0.356. The smallest absolute Gasteiger partial charge is 0.326 e. The summed E-state index contributed by atoms with van der Waals surface area (Å²) < 4.78 is 4.91. The molecule has 0 aromatic rings. The second kappa shape index (κ2) is 10.4. The standard InChI is InChI=1S/C13H24N2O4/c1-4-6-7-11(12(16)17)14-13(18)15(8-5-2)9-10-19-3/h5,11H,2,4,6-10H2,1,3H3,(H,14,18)(H,16,17)/t11-/m0/s1. The van der Waals surface area contributed by atoms with Crippen molar-refractivity contribution in [2.24, 2.45) is 0 Å². The first-order valence-electron chi connectivity index (χ1n) is 6.44. The number of rotatable bonds is 10. The summed E-state index contributed by atoms with van der Waals surface area (Å²) in [5.74, 6) is -1.01. The number of urea groups is 1. The number of unbranched alkanes of at least 4 members (excludes halogenated alkanes) is 1. The zero-order valence-electron chi connectivity index (χ0n) is 11.7. The molecule has 6 heteroatoms. The van der Waals surface area contributed by atoms with Crippen LogP contribution < -0.4 is 5.32 Å². The van der Waals surface area contributed by atoms with Crippen LogP contribution in [0.4, 0.5) is 4.79 Å². The van der Waals surface area contributed by atoms with Gasteiger partial charge >= 0.3 is 12.0 Å². The minimum atomic E-state index is -1.01. The maximum Gasteiger partial charge on any atom is 0.326 e. The van der Waals surface area contributed by atoms with Crippen LogP contribution in [-0.2, 0) is 9.53 Å². The van der Waals surface area contributed by atoms with Gasteiger partial charge in [-0.3, -0.25) is 0 Å². The van der Waals surface area contributed by atoms with Crippen molar-refractivity contribution in [1.29, 1.82) is 0 Å². The van der Waals surface area contributed by atoms with Crippen LogP contribution in [0.25, 0.3) is 0 Å². The van der Waals surface area contributed by atoms with Crippen LogP contribution >= 0.6 is 0 Å². The molecule has 0 fully saturated rings. The number of carbonyl (C=O) groups is 2. The van der Waals surface area contributed by atoms with Crippen molar-refractivity contribution < 1.29 is 19.4 Å². The Morgan fingerprint density at radius 1 is 1.53 bits per heavy atom. The van der Waals surface area contributed by atoms with E-state index >= 15 is 0 Å². The SMILES string of the molecule is C=CCN(CCOC)C(=O)N[C@@H](CCCC)C(=O)O. The van der Waals surface area contributed by atoms with Crippen molar-refractivity contribution in [2.75, 3.05) is 26.8 Å². The highest BCUT2D eigenvalue weighted by molar-refractivity contribution is 5.82. The average molecular weight is 272 g/mol. The number of hydrogen-bond donors (Lipinski definition) is 2. The zero-order valence-corrected chi connectivity index (χ0v) is 11.7. The fourth-order valence-corrected chi connectivity index (χ4v) is 1.54. The molecule has 1 atom stereocenters. The maximum atomic E-state index is 12.0. The van der Waals surface area contributed by atoms with E-state index in [1.807, 2.05) is 6.92 Å². The van der Waals surface area contributed by atoms with Gasteiger partial charge in [0, 0.05) is 20.2 Å². The fourth-order valence-electron chi connectivity index (χ4n) is 1.54. The van der Waals surface area contributed by atoms with Gasteiger partial charge in [-0.2, -0.15) is 0 Å². The highest BCUT2D eigenvalue weighted by Gasteiger charge is 2.21. The minimum Gasteiger partial charge on any atom is -0.480 e.